The fourth-order valence-corrected chi connectivity index (χ4v) is 7.30. The summed E-state index contributed by atoms with van der Waals surface area (Å²) >= 11 is 0. The molecule has 1 aliphatic heterocycles. The van der Waals surface area contributed by atoms with E-state index in [1.165, 1.54) is 109 Å². The summed E-state index contributed by atoms with van der Waals surface area (Å²) in [6.07, 6.45) is 48.2. The molecule has 0 aromatic rings. The van der Waals surface area contributed by atoms with Crippen LogP contribution in [0.25, 0.3) is 0 Å². The maximum atomic E-state index is 12.8. The molecule has 0 amide bonds. The van der Waals surface area contributed by atoms with E-state index in [1.807, 2.05) is 0 Å². The Hall–Kier alpha value is -2.11. The van der Waals surface area contributed by atoms with E-state index in [1.54, 1.807) is 0 Å². The van der Waals surface area contributed by atoms with Crippen LogP contribution >= 0.6 is 0 Å². The van der Waals surface area contributed by atoms with Gasteiger partial charge in [0.25, 0.3) is 0 Å². The highest BCUT2D eigenvalue weighted by molar-refractivity contribution is 5.69. The molecule has 354 valence electrons. The van der Waals surface area contributed by atoms with Crippen LogP contribution in [-0.4, -0.2) is 89.6 Å². The molecule has 1 saturated heterocycles. The van der Waals surface area contributed by atoms with Crippen LogP contribution in [0.5, 0.6) is 0 Å². The van der Waals surface area contributed by atoms with Crippen molar-refractivity contribution in [3.05, 3.63) is 60.8 Å². The number of rotatable bonds is 42. The molecule has 4 N–H and O–H groups in total. The van der Waals surface area contributed by atoms with Gasteiger partial charge in [-0.1, -0.05) is 177 Å². The molecule has 0 aromatic heterocycles. The predicted molar refractivity (Wildman–Crippen MR) is 251 cm³/mol. The molecule has 0 saturated carbocycles. The molecule has 1 fully saturated rings. The molecule has 0 bridgehead atoms. The van der Waals surface area contributed by atoms with E-state index in [-0.39, 0.29) is 19.2 Å². The molecule has 1 aliphatic rings. The lowest BCUT2D eigenvalue weighted by atomic mass is 9.99. The molecule has 0 radical (unpaired) electrons. The van der Waals surface area contributed by atoms with Crippen LogP contribution in [0.2, 0.25) is 0 Å². The van der Waals surface area contributed by atoms with E-state index in [0.717, 1.165) is 70.6 Å². The lowest BCUT2D eigenvalue weighted by Gasteiger charge is -2.39. The molecule has 6 unspecified atom stereocenters. The zero-order valence-corrected chi connectivity index (χ0v) is 38.9. The van der Waals surface area contributed by atoms with Crippen LogP contribution in [0.15, 0.2) is 60.8 Å². The van der Waals surface area contributed by atoms with Gasteiger partial charge in [0.05, 0.1) is 19.8 Å². The number of carbonyl (C=O) groups is 1. The van der Waals surface area contributed by atoms with Crippen LogP contribution in [0.4, 0.5) is 0 Å². The highest BCUT2D eigenvalue weighted by atomic mass is 16.7. The average Bonchev–Trinajstić information content (AvgIpc) is 3.26. The van der Waals surface area contributed by atoms with Gasteiger partial charge in [0.2, 0.25) is 0 Å². The second-order valence-corrected chi connectivity index (χ2v) is 16.9. The van der Waals surface area contributed by atoms with Gasteiger partial charge < -0.3 is 39.4 Å². The number of esters is 1. The van der Waals surface area contributed by atoms with Gasteiger partial charge in [0.1, 0.15) is 30.5 Å². The molecule has 1 rings (SSSR count). The maximum Gasteiger partial charge on any atom is 0.306 e. The third-order valence-corrected chi connectivity index (χ3v) is 11.2. The van der Waals surface area contributed by atoms with Gasteiger partial charge in [-0.25, -0.2) is 0 Å². The molecule has 61 heavy (non-hydrogen) atoms. The molecule has 0 spiro atoms. The van der Waals surface area contributed by atoms with Gasteiger partial charge >= 0.3 is 5.97 Å². The van der Waals surface area contributed by atoms with Crippen molar-refractivity contribution in [1.82, 2.24) is 0 Å². The largest absolute Gasteiger partial charge is 0.457 e. The quantitative estimate of drug-likeness (QED) is 0.0269. The minimum atomic E-state index is -1.54. The number of unbranched alkanes of at least 4 members (excludes halogenated alkanes) is 21. The molecular formula is C52H92O9. The van der Waals surface area contributed by atoms with Crippen molar-refractivity contribution < 1.29 is 44.2 Å². The van der Waals surface area contributed by atoms with Crippen LogP contribution < -0.4 is 0 Å². The van der Waals surface area contributed by atoms with Crippen molar-refractivity contribution in [1.29, 1.82) is 0 Å². The number of carbonyl (C=O) groups excluding carboxylic acids is 1. The van der Waals surface area contributed by atoms with E-state index < -0.39 is 43.4 Å². The smallest absolute Gasteiger partial charge is 0.306 e. The van der Waals surface area contributed by atoms with Crippen LogP contribution in [-0.2, 0) is 23.7 Å². The molecule has 9 nitrogen and oxygen atoms in total. The fraction of sp³-hybridized carbons (Fsp3) is 0.788. The first-order valence-electron chi connectivity index (χ1n) is 24.9. The standard InChI is InChI=1S/C52H92O9/c1-3-5-7-9-11-13-15-17-18-19-20-21-22-23-24-25-26-27-28-29-31-33-35-37-39-41-48(54)60-46(45-59-52-51(57)50(56)49(55)47(43-53)61-52)44-58-42-40-38-36-34-32-30-16-14-12-10-8-6-4-2/h5,7,11-14,17-18,20-21,46-47,49-53,55-57H,3-4,6,8-10,15-16,19,22-45H2,1-2H3/b7-5-,13-11-,14-12-,18-17-,21-20-. The lowest BCUT2D eigenvalue weighted by Crippen LogP contribution is -2.59. The minimum absolute atomic E-state index is 0.118. The van der Waals surface area contributed by atoms with Gasteiger partial charge in [0, 0.05) is 13.0 Å². The third-order valence-electron chi connectivity index (χ3n) is 11.2. The van der Waals surface area contributed by atoms with Crippen LogP contribution in [0.1, 0.15) is 200 Å². The highest BCUT2D eigenvalue weighted by Gasteiger charge is 2.44. The van der Waals surface area contributed by atoms with Crippen molar-refractivity contribution in [2.75, 3.05) is 26.4 Å². The molecule has 0 aromatic carbocycles. The Morgan fingerprint density at radius 1 is 0.541 bits per heavy atom. The van der Waals surface area contributed by atoms with E-state index >= 15 is 0 Å². The summed E-state index contributed by atoms with van der Waals surface area (Å²) in [6.45, 7) is 4.42. The van der Waals surface area contributed by atoms with E-state index in [2.05, 4.69) is 74.6 Å². The van der Waals surface area contributed by atoms with Crippen LogP contribution in [0, 0.1) is 0 Å². The summed E-state index contributed by atoms with van der Waals surface area (Å²) in [4.78, 5) is 12.8. The second kappa shape index (κ2) is 43.2. The Labute approximate surface area is 373 Å². The van der Waals surface area contributed by atoms with Crippen LogP contribution in [0.3, 0.4) is 0 Å². The minimum Gasteiger partial charge on any atom is -0.457 e. The Morgan fingerprint density at radius 3 is 1.52 bits per heavy atom. The zero-order chi connectivity index (χ0) is 44.3. The molecule has 6 atom stereocenters. The summed E-state index contributed by atoms with van der Waals surface area (Å²) in [5, 5.41) is 40.2. The molecule has 9 heteroatoms. The number of hydrogen-bond acceptors (Lipinski definition) is 9. The number of allylic oxidation sites excluding steroid dienone is 10. The Bertz CT molecular complexity index is 1120. The monoisotopic (exact) mass is 861 g/mol. The summed E-state index contributed by atoms with van der Waals surface area (Å²) in [5.74, 6) is -0.319. The number of ether oxygens (including phenoxy) is 4. The van der Waals surface area contributed by atoms with Crippen molar-refractivity contribution in [2.45, 2.75) is 237 Å². The first kappa shape index (κ1) is 56.9. The Kier molecular flexibility index (Phi) is 40.3. The summed E-state index contributed by atoms with van der Waals surface area (Å²) in [6, 6.07) is 0. The van der Waals surface area contributed by atoms with Gasteiger partial charge in [-0.3, -0.25) is 4.79 Å². The molecule has 1 heterocycles. The van der Waals surface area contributed by atoms with Crippen molar-refractivity contribution in [3.63, 3.8) is 0 Å². The normalized spacial score (nSPS) is 20.4. The SMILES string of the molecule is CC/C=C\C/C=C\C/C=C\C/C=C\CCCCCCCCCCCCCCC(=O)OC(COCCCCCCCC/C=C\CCCCC)COC1OC(CO)C(O)C(O)C1O. The van der Waals surface area contributed by atoms with Gasteiger partial charge in [-0.15, -0.1) is 0 Å². The summed E-state index contributed by atoms with van der Waals surface area (Å²) in [5.41, 5.74) is 0. The second-order valence-electron chi connectivity index (χ2n) is 16.9. The first-order valence-corrected chi connectivity index (χ1v) is 24.9. The topological polar surface area (TPSA) is 135 Å². The van der Waals surface area contributed by atoms with Crippen molar-refractivity contribution in [2.24, 2.45) is 0 Å². The van der Waals surface area contributed by atoms with Crippen molar-refractivity contribution in [3.8, 4) is 0 Å². The maximum absolute atomic E-state index is 12.8. The predicted octanol–water partition coefficient (Wildman–Crippen LogP) is 11.9. The number of aliphatic hydroxyl groups excluding tert-OH is 4. The number of hydrogen-bond donors (Lipinski definition) is 4. The van der Waals surface area contributed by atoms with Gasteiger partial charge in [-0.2, -0.15) is 0 Å². The molecular weight excluding hydrogens is 769 g/mol. The Balaban J connectivity index is 2.18. The van der Waals surface area contributed by atoms with Gasteiger partial charge in [-0.05, 0) is 77.0 Å². The van der Waals surface area contributed by atoms with E-state index in [4.69, 9.17) is 18.9 Å². The summed E-state index contributed by atoms with van der Waals surface area (Å²) < 4.78 is 22.8. The fourth-order valence-electron chi connectivity index (χ4n) is 7.30. The third kappa shape index (κ3) is 34.0. The van der Waals surface area contributed by atoms with Gasteiger partial charge in [0.15, 0.2) is 6.29 Å². The zero-order valence-electron chi connectivity index (χ0n) is 38.9. The molecule has 0 aliphatic carbocycles. The average molecular weight is 861 g/mol. The number of aliphatic hydroxyl groups is 4. The van der Waals surface area contributed by atoms with E-state index in [9.17, 15) is 25.2 Å². The highest BCUT2D eigenvalue weighted by Crippen LogP contribution is 2.23. The lowest BCUT2D eigenvalue weighted by molar-refractivity contribution is -0.305. The van der Waals surface area contributed by atoms with E-state index in [0.29, 0.717) is 13.0 Å². The van der Waals surface area contributed by atoms with Crippen molar-refractivity contribution >= 4 is 5.97 Å². The first-order chi connectivity index (χ1) is 29.9. The summed E-state index contributed by atoms with van der Waals surface area (Å²) in [7, 11) is 0. The Morgan fingerprint density at radius 2 is 1.00 bits per heavy atom.